The molecule has 0 aromatic carbocycles. The van der Waals surface area contributed by atoms with E-state index in [4.69, 9.17) is 15.2 Å². The summed E-state index contributed by atoms with van der Waals surface area (Å²) in [5, 5.41) is 13.7. The third-order valence-electron chi connectivity index (χ3n) is 5.04. The largest absolute Gasteiger partial charge is 0.392 e. The Morgan fingerprint density at radius 1 is 1.42 bits per heavy atom. The Morgan fingerprint density at radius 3 is 2.88 bits per heavy atom. The molecule has 26 heavy (non-hydrogen) atoms. The minimum Gasteiger partial charge on any atom is -0.392 e. The first-order valence-electron chi connectivity index (χ1n) is 9.04. The minimum atomic E-state index is -0.266. The molecular weight excluding hydrogens is 332 g/mol. The van der Waals surface area contributed by atoms with Crippen molar-refractivity contribution in [2.75, 3.05) is 19.6 Å². The minimum absolute atomic E-state index is 0.0813. The van der Waals surface area contributed by atoms with Crippen LogP contribution in [0, 0.1) is 13.8 Å². The zero-order valence-corrected chi connectivity index (χ0v) is 15.4. The zero-order chi connectivity index (χ0) is 18.7. The summed E-state index contributed by atoms with van der Waals surface area (Å²) in [5.41, 5.74) is 9.42. The van der Waals surface area contributed by atoms with E-state index < -0.39 is 0 Å². The molecular formula is C19H26N4O3. The SMILES string of the molecule is Cc1noc(C)c1-c1nc([C@H]2CCCN(CCC(N)=O)C2)ccc1CO. The van der Waals surface area contributed by atoms with Gasteiger partial charge in [-0.05, 0) is 39.3 Å². The van der Waals surface area contributed by atoms with E-state index in [1.165, 1.54) is 0 Å². The van der Waals surface area contributed by atoms with Crippen LogP contribution in [0.5, 0.6) is 0 Å². The van der Waals surface area contributed by atoms with Crippen LogP contribution in [-0.4, -0.2) is 45.7 Å². The van der Waals surface area contributed by atoms with Crippen LogP contribution in [0.15, 0.2) is 16.7 Å². The molecule has 0 spiro atoms. The smallest absolute Gasteiger partial charge is 0.218 e. The van der Waals surface area contributed by atoms with Crippen molar-refractivity contribution < 1.29 is 14.4 Å². The predicted molar refractivity (Wildman–Crippen MR) is 97.4 cm³/mol. The maximum absolute atomic E-state index is 11.0. The summed E-state index contributed by atoms with van der Waals surface area (Å²) >= 11 is 0. The number of primary amides is 1. The number of rotatable bonds is 6. The number of hydrogen-bond acceptors (Lipinski definition) is 6. The molecule has 140 valence electrons. The highest BCUT2D eigenvalue weighted by Gasteiger charge is 2.24. The molecule has 2 aromatic rings. The molecule has 7 nitrogen and oxygen atoms in total. The summed E-state index contributed by atoms with van der Waals surface area (Å²) in [6, 6.07) is 3.93. The van der Waals surface area contributed by atoms with Crippen LogP contribution >= 0.6 is 0 Å². The highest BCUT2D eigenvalue weighted by molar-refractivity contribution is 5.73. The third-order valence-corrected chi connectivity index (χ3v) is 5.04. The predicted octanol–water partition coefficient (Wildman–Crippen LogP) is 1.90. The highest BCUT2D eigenvalue weighted by atomic mass is 16.5. The van der Waals surface area contributed by atoms with Crippen LogP contribution in [0.4, 0.5) is 0 Å². The first-order chi connectivity index (χ1) is 12.5. The van der Waals surface area contributed by atoms with Gasteiger partial charge in [-0.15, -0.1) is 0 Å². The van der Waals surface area contributed by atoms with Crippen LogP contribution in [0.25, 0.3) is 11.3 Å². The van der Waals surface area contributed by atoms with Gasteiger partial charge in [0.2, 0.25) is 5.91 Å². The van der Waals surface area contributed by atoms with E-state index in [2.05, 4.69) is 10.1 Å². The fourth-order valence-electron chi connectivity index (χ4n) is 3.66. The second-order valence-corrected chi connectivity index (χ2v) is 6.96. The van der Waals surface area contributed by atoms with Crippen LogP contribution in [0.1, 0.15) is 47.9 Å². The standard InChI is InChI=1S/C19H26N4O3/c1-12-18(13(2)26-22-12)19-15(11-24)5-6-16(21-19)14-4-3-8-23(10-14)9-7-17(20)25/h5-6,14,24H,3-4,7-11H2,1-2H3,(H2,20,25)/t14-/m0/s1. The molecule has 0 saturated carbocycles. The van der Waals surface area contributed by atoms with E-state index in [0.717, 1.165) is 54.1 Å². The number of aromatic nitrogens is 2. The number of carbonyl (C=O) groups excluding carboxylic acids is 1. The summed E-state index contributed by atoms with van der Waals surface area (Å²) < 4.78 is 5.28. The van der Waals surface area contributed by atoms with E-state index >= 15 is 0 Å². The van der Waals surface area contributed by atoms with Gasteiger partial charge in [-0.1, -0.05) is 11.2 Å². The lowest BCUT2D eigenvalue weighted by Crippen LogP contribution is -2.36. The second kappa shape index (κ2) is 7.97. The maximum atomic E-state index is 11.0. The van der Waals surface area contributed by atoms with Crippen molar-refractivity contribution in [3.8, 4) is 11.3 Å². The molecule has 1 aliphatic rings. The van der Waals surface area contributed by atoms with Gasteiger partial charge in [-0.25, -0.2) is 0 Å². The lowest BCUT2D eigenvalue weighted by molar-refractivity contribution is -0.118. The fraction of sp³-hybridized carbons (Fsp3) is 0.526. The number of hydrogen-bond donors (Lipinski definition) is 2. The fourth-order valence-corrected chi connectivity index (χ4v) is 3.66. The molecule has 1 aliphatic heterocycles. The maximum Gasteiger partial charge on any atom is 0.218 e. The van der Waals surface area contributed by atoms with Crippen molar-refractivity contribution in [3.05, 3.63) is 34.8 Å². The van der Waals surface area contributed by atoms with Gasteiger partial charge in [0.1, 0.15) is 5.76 Å². The lowest BCUT2D eigenvalue weighted by atomic mass is 9.92. The van der Waals surface area contributed by atoms with Gasteiger partial charge in [0.25, 0.3) is 0 Å². The van der Waals surface area contributed by atoms with Crippen molar-refractivity contribution >= 4 is 5.91 Å². The number of amides is 1. The van der Waals surface area contributed by atoms with Gasteiger partial charge in [0.05, 0.1) is 23.6 Å². The number of pyridine rings is 1. The molecule has 1 atom stereocenters. The summed E-state index contributed by atoms with van der Waals surface area (Å²) in [7, 11) is 0. The van der Waals surface area contributed by atoms with Gasteiger partial charge in [0.15, 0.2) is 0 Å². The number of piperidine rings is 1. The first kappa shape index (κ1) is 18.5. The second-order valence-electron chi connectivity index (χ2n) is 6.96. The quantitative estimate of drug-likeness (QED) is 0.817. The number of aliphatic hydroxyl groups is 1. The monoisotopic (exact) mass is 358 g/mol. The number of nitrogens with two attached hydrogens (primary N) is 1. The lowest BCUT2D eigenvalue weighted by Gasteiger charge is -2.32. The van der Waals surface area contributed by atoms with Gasteiger partial charge in [-0.2, -0.15) is 0 Å². The zero-order valence-electron chi connectivity index (χ0n) is 15.4. The van der Waals surface area contributed by atoms with E-state index in [1.807, 2.05) is 26.0 Å². The van der Waals surface area contributed by atoms with E-state index in [1.54, 1.807) is 0 Å². The van der Waals surface area contributed by atoms with Gasteiger partial charge in [-0.3, -0.25) is 9.78 Å². The van der Waals surface area contributed by atoms with Gasteiger partial charge < -0.3 is 20.3 Å². The Hall–Kier alpha value is -2.25. The summed E-state index contributed by atoms with van der Waals surface area (Å²) in [6.07, 6.45) is 2.50. The Bertz CT molecular complexity index is 768. The Balaban J connectivity index is 1.87. The molecule has 1 saturated heterocycles. The first-order valence-corrected chi connectivity index (χ1v) is 9.04. The van der Waals surface area contributed by atoms with Gasteiger partial charge >= 0.3 is 0 Å². The average molecular weight is 358 g/mol. The van der Waals surface area contributed by atoms with Crippen LogP contribution in [0.2, 0.25) is 0 Å². The van der Waals surface area contributed by atoms with Crippen LogP contribution in [-0.2, 0) is 11.4 Å². The number of likely N-dealkylation sites (tertiary alicyclic amines) is 1. The molecule has 2 aromatic heterocycles. The Labute approximate surface area is 153 Å². The Morgan fingerprint density at radius 2 is 2.23 bits per heavy atom. The number of nitrogens with zero attached hydrogens (tertiary/aromatic N) is 3. The van der Waals surface area contributed by atoms with Crippen molar-refractivity contribution in [1.82, 2.24) is 15.0 Å². The van der Waals surface area contributed by atoms with Crippen LogP contribution in [0.3, 0.4) is 0 Å². The normalized spacial score (nSPS) is 18.2. The summed E-state index contributed by atoms with van der Waals surface area (Å²) in [5.74, 6) is 0.732. The van der Waals surface area contributed by atoms with E-state index in [-0.39, 0.29) is 12.5 Å². The summed E-state index contributed by atoms with van der Waals surface area (Å²) in [4.78, 5) is 18.2. The van der Waals surface area contributed by atoms with Crippen molar-refractivity contribution in [2.45, 2.75) is 45.6 Å². The van der Waals surface area contributed by atoms with E-state index in [0.29, 0.717) is 24.6 Å². The molecule has 0 aliphatic carbocycles. The summed E-state index contributed by atoms with van der Waals surface area (Å²) in [6.45, 7) is 6.19. The molecule has 3 N–H and O–H groups in total. The Kier molecular flexibility index (Phi) is 5.68. The third kappa shape index (κ3) is 3.94. The van der Waals surface area contributed by atoms with E-state index in [9.17, 15) is 9.90 Å². The molecule has 0 radical (unpaired) electrons. The van der Waals surface area contributed by atoms with Crippen molar-refractivity contribution in [2.24, 2.45) is 5.73 Å². The molecule has 3 rings (SSSR count). The van der Waals surface area contributed by atoms with Crippen molar-refractivity contribution in [1.29, 1.82) is 0 Å². The molecule has 7 heteroatoms. The number of aryl methyl sites for hydroxylation is 2. The molecule has 0 bridgehead atoms. The number of aliphatic hydroxyl groups excluding tert-OH is 1. The highest BCUT2D eigenvalue weighted by Crippen LogP contribution is 2.32. The van der Waals surface area contributed by atoms with Gasteiger partial charge in [0, 0.05) is 36.7 Å². The molecule has 3 heterocycles. The van der Waals surface area contributed by atoms with Crippen LogP contribution < -0.4 is 5.73 Å². The topological polar surface area (TPSA) is 105 Å². The number of carbonyl (C=O) groups is 1. The van der Waals surface area contributed by atoms with Crippen molar-refractivity contribution in [3.63, 3.8) is 0 Å². The molecule has 0 unspecified atom stereocenters. The average Bonchev–Trinajstić information content (AvgIpc) is 2.98. The molecule has 1 amide bonds. The molecule has 1 fully saturated rings.